The summed E-state index contributed by atoms with van der Waals surface area (Å²) >= 11 is 0. The lowest BCUT2D eigenvalue weighted by Gasteiger charge is -2.22. The second-order valence-electron chi connectivity index (χ2n) is 4.93. The predicted molar refractivity (Wildman–Crippen MR) is 68.8 cm³/mol. The number of aliphatic hydroxyl groups is 1. The monoisotopic (exact) mass is 242 g/mol. The van der Waals surface area contributed by atoms with E-state index in [0.717, 1.165) is 38.9 Å². The van der Waals surface area contributed by atoms with Crippen molar-refractivity contribution >= 4 is 5.91 Å². The largest absolute Gasteiger partial charge is 0.396 e. The fourth-order valence-electron chi connectivity index (χ4n) is 2.21. The lowest BCUT2D eigenvalue weighted by Crippen LogP contribution is -2.37. The molecule has 1 unspecified atom stereocenters. The Labute approximate surface area is 104 Å². The van der Waals surface area contributed by atoms with Crippen LogP contribution in [0.25, 0.3) is 0 Å². The Balaban J connectivity index is 2.21. The number of hydrogen-bond acceptors (Lipinski definition) is 3. The second kappa shape index (κ2) is 8.48. The van der Waals surface area contributed by atoms with Crippen molar-refractivity contribution in [2.24, 2.45) is 0 Å². The summed E-state index contributed by atoms with van der Waals surface area (Å²) in [6.45, 7) is 4.89. The van der Waals surface area contributed by atoms with Gasteiger partial charge in [-0.15, -0.1) is 0 Å². The third kappa shape index (κ3) is 6.03. The maximum atomic E-state index is 12.0. The van der Waals surface area contributed by atoms with E-state index < -0.39 is 0 Å². The highest BCUT2D eigenvalue weighted by atomic mass is 16.3. The number of hydrogen-bond donors (Lipinski definition) is 2. The molecule has 4 heteroatoms. The molecule has 100 valence electrons. The minimum absolute atomic E-state index is 0.206. The van der Waals surface area contributed by atoms with Crippen LogP contribution in [0, 0.1) is 0 Å². The van der Waals surface area contributed by atoms with Crippen molar-refractivity contribution in [1.82, 2.24) is 10.2 Å². The number of carbonyl (C=O) groups is 1. The van der Waals surface area contributed by atoms with Crippen LogP contribution in [0.15, 0.2) is 0 Å². The minimum atomic E-state index is 0.206. The van der Waals surface area contributed by atoms with Crippen molar-refractivity contribution in [2.75, 3.05) is 26.2 Å². The second-order valence-corrected chi connectivity index (χ2v) is 4.93. The van der Waals surface area contributed by atoms with Gasteiger partial charge in [-0.2, -0.15) is 0 Å². The first-order valence-electron chi connectivity index (χ1n) is 6.86. The molecular weight excluding hydrogens is 216 g/mol. The Morgan fingerprint density at radius 1 is 1.29 bits per heavy atom. The van der Waals surface area contributed by atoms with Crippen molar-refractivity contribution in [3.8, 4) is 0 Å². The van der Waals surface area contributed by atoms with Crippen LogP contribution >= 0.6 is 0 Å². The molecule has 0 aromatic heterocycles. The molecule has 1 fully saturated rings. The zero-order valence-electron chi connectivity index (χ0n) is 11.0. The van der Waals surface area contributed by atoms with E-state index in [1.54, 1.807) is 0 Å². The molecule has 2 N–H and O–H groups in total. The van der Waals surface area contributed by atoms with E-state index in [9.17, 15) is 4.79 Å². The molecule has 1 rings (SSSR count). The molecule has 0 saturated carbocycles. The first-order chi connectivity index (χ1) is 8.24. The first-order valence-corrected chi connectivity index (χ1v) is 6.86. The average Bonchev–Trinajstić information content (AvgIpc) is 2.57. The molecule has 17 heavy (non-hydrogen) atoms. The van der Waals surface area contributed by atoms with E-state index in [1.807, 2.05) is 11.8 Å². The lowest BCUT2D eigenvalue weighted by molar-refractivity contribution is -0.131. The van der Waals surface area contributed by atoms with E-state index in [1.165, 1.54) is 12.8 Å². The highest BCUT2D eigenvalue weighted by molar-refractivity contribution is 5.76. The van der Waals surface area contributed by atoms with Gasteiger partial charge in [0.1, 0.15) is 0 Å². The number of amides is 1. The molecule has 0 aliphatic carbocycles. The molecule has 0 aromatic rings. The number of nitrogens with zero attached hydrogens (tertiary/aromatic N) is 1. The standard InChI is InChI=1S/C13H26N2O2/c1-12(14-7-6-10-16)11-13(17)15-8-4-2-3-5-9-15/h12,14,16H,2-11H2,1H3. The summed E-state index contributed by atoms with van der Waals surface area (Å²) in [5.41, 5.74) is 0. The van der Waals surface area contributed by atoms with Gasteiger partial charge in [-0.3, -0.25) is 4.79 Å². The SMILES string of the molecule is CC(CC(=O)N1CCCCCC1)NCCCO. The van der Waals surface area contributed by atoms with E-state index in [4.69, 9.17) is 5.11 Å². The number of rotatable bonds is 6. The number of nitrogens with one attached hydrogen (secondary N) is 1. The number of carbonyl (C=O) groups excluding carboxylic acids is 1. The molecule has 1 aliphatic heterocycles. The third-order valence-electron chi connectivity index (χ3n) is 3.27. The van der Waals surface area contributed by atoms with Crippen LogP contribution in [0.1, 0.15) is 45.4 Å². The topological polar surface area (TPSA) is 52.6 Å². The molecule has 0 aromatic carbocycles. The third-order valence-corrected chi connectivity index (χ3v) is 3.27. The van der Waals surface area contributed by atoms with Crippen LogP contribution < -0.4 is 5.32 Å². The van der Waals surface area contributed by atoms with Crippen molar-refractivity contribution in [3.05, 3.63) is 0 Å². The van der Waals surface area contributed by atoms with E-state index in [0.29, 0.717) is 6.42 Å². The normalized spacial score (nSPS) is 18.8. The van der Waals surface area contributed by atoms with Crippen molar-refractivity contribution in [2.45, 2.75) is 51.5 Å². The van der Waals surface area contributed by atoms with Gasteiger partial charge in [0.2, 0.25) is 5.91 Å². The van der Waals surface area contributed by atoms with E-state index in [2.05, 4.69) is 5.32 Å². The number of aliphatic hydroxyl groups excluding tert-OH is 1. The molecule has 1 aliphatic rings. The van der Waals surface area contributed by atoms with Gasteiger partial charge in [-0.25, -0.2) is 0 Å². The number of likely N-dealkylation sites (tertiary alicyclic amines) is 1. The first kappa shape index (κ1) is 14.5. The summed E-state index contributed by atoms with van der Waals surface area (Å²) in [7, 11) is 0. The molecule has 0 spiro atoms. The summed E-state index contributed by atoms with van der Waals surface area (Å²) in [6, 6.07) is 0.206. The van der Waals surface area contributed by atoms with Gasteiger partial charge in [-0.1, -0.05) is 12.8 Å². The zero-order chi connectivity index (χ0) is 12.5. The van der Waals surface area contributed by atoms with E-state index in [-0.39, 0.29) is 18.6 Å². The van der Waals surface area contributed by atoms with Gasteiger partial charge < -0.3 is 15.3 Å². The molecule has 0 bridgehead atoms. The molecule has 1 saturated heterocycles. The van der Waals surface area contributed by atoms with Gasteiger partial charge in [0.25, 0.3) is 0 Å². The van der Waals surface area contributed by atoms with Crippen LogP contribution in [-0.2, 0) is 4.79 Å². The Morgan fingerprint density at radius 2 is 1.94 bits per heavy atom. The molecule has 0 radical (unpaired) electrons. The summed E-state index contributed by atoms with van der Waals surface area (Å²) in [5, 5.41) is 11.9. The highest BCUT2D eigenvalue weighted by Gasteiger charge is 2.17. The Kier molecular flexibility index (Phi) is 7.21. The zero-order valence-corrected chi connectivity index (χ0v) is 11.0. The van der Waals surface area contributed by atoms with Crippen molar-refractivity contribution < 1.29 is 9.90 Å². The predicted octanol–water partition coefficient (Wildman–Crippen LogP) is 1.14. The van der Waals surface area contributed by atoms with Crippen molar-refractivity contribution in [3.63, 3.8) is 0 Å². The Bertz CT molecular complexity index is 213. The quantitative estimate of drug-likeness (QED) is 0.687. The van der Waals surface area contributed by atoms with Gasteiger partial charge in [-0.05, 0) is 32.7 Å². The average molecular weight is 242 g/mol. The van der Waals surface area contributed by atoms with E-state index >= 15 is 0 Å². The van der Waals surface area contributed by atoms with Crippen LogP contribution in [0.2, 0.25) is 0 Å². The molecule has 1 atom stereocenters. The fraction of sp³-hybridized carbons (Fsp3) is 0.923. The Hall–Kier alpha value is -0.610. The molecular formula is C13H26N2O2. The lowest BCUT2D eigenvalue weighted by atomic mass is 10.2. The fourth-order valence-corrected chi connectivity index (χ4v) is 2.21. The highest BCUT2D eigenvalue weighted by Crippen LogP contribution is 2.11. The minimum Gasteiger partial charge on any atom is -0.396 e. The molecule has 4 nitrogen and oxygen atoms in total. The molecule has 1 amide bonds. The van der Waals surface area contributed by atoms with Crippen molar-refractivity contribution in [1.29, 1.82) is 0 Å². The maximum absolute atomic E-state index is 12.0. The van der Waals surface area contributed by atoms with Gasteiger partial charge >= 0.3 is 0 Å². The van der Waals surface area contributed by atoms with Gasteiger partial charge in [0.05, 0.1) is 0 Å². The Morgan fingerprint density at radius 3 is 2.53 bits per heavy atom. The molecule has 1 heterocycles. The summed E-state index contributed by atoms with van der Waals surface area (Å²) in [6.07, 6.45) is 6.14. The van der Waals surface area contributed by atoms with Crippen LogP contribution in [0.3, 0.4) is 0 Å². The maximum Gasteiger partial charge on any atom is 0.224 e. The smallest absolute Gasteiger partial charge is 0.224 e. The van der Waals surface area contributed by atoms with Gasteiger partial charge in [0, 0.05) is 32.2 Å². The van der Waals surface area contributed by atoms with Crippen LogP contribution in [0.4, 0.5) is 0 Å². The summed E-state index contributed by atoms with van der Waals surface area (Å²) < 4.78 is 0. The summed E-state index contributed by atoms with van der Waals surface area (Å²) in [5.74, 6) is 0.274. The van der Waals surface area contributed by atoms with Crippen LogP contribution in [-0.4, -0.2) is 48.2 Å². The summed E-state index contributed by atoms with van der Waals surface area (Å²) in [4.78, 5) is 14.0. The van der Waals surface area contributed by atoms with Gasteiger partial charge in [0.15, 0.2) is 0 Å². The van der Waals surface area contributed by atoms with Crippen LogP contribution in [0.5, 0.6) is 0 Å².